The molecule has 1 N–H and O–H groups in total. The largest absolute Gasteiger partial charge is 0.364 e. The van der Waals surface area contributed by atoms with Crippen molar-refractivity contribution in [2.45, 2.75) is 13.3 Å². The molecule has 1 nitrogen and oxygen atoms in total. The van der Waals surface area contributed by atoms with E-state index in [0.29, 0.717) is 0 Å². The molecule has 0 aliphatic heterocycles. The van der Waals surface area contributed by atoms with Crippen molar-refractivity contribution in [1.29, 1.82) is 0 Å². The molecule has 0 radical (unpaired) electrons. The summed E-state index contributed by atoms with van der Waals surface area (Å²) in [5, 5.41) is 2.76. The molecule has 0 saturated carbocycles. The third-order valence-electron chi connectivity index (χ3n) is 0.482. The monoisotopic (exact) mass is 121 g/mol. The van der Waals surface area contributed by atoms with Crippen molar-refractivity contribution in [3.8, 4) is 0 Å². The van der Waals surface area contributed by atoms with Gasteiger partial charge in [-0.3, -0.25) is 0 Å². The van der Waals surface area contributed by atoms with Gasteiger partial charge in [0.1, 0.15) is 0 Å². The Bertz CT molecular complexity index is 48.8. The summed E-state index contributed by atoms with van der Waals surface area (Å²) in [4.78, 5) is 0.889. The zero-order chi connectivity index (χ0) is 4.99. The predicted octanol–water partition coefficient (Wildman–Crippen LogP) is 1.10. The summed E-state index contributed by atoms with van der Waals surface area (Å²) >= 11 is 4.72. The Kier molecular flexibility index (Phi) is 3.70. The predicted molar refractivity (Wildman–Crippen MR) is 35.7 cm³/mol. The topological polar surface area (TPSA) is 12.0 Å². The first-order chi connectivity index (χ1) is 2.81. The van der Waals surface area contributed by atoms with Crippen molar-refractivity contribution in [3.63, 3.8) is 0 Å². The molecule has 0 rings (SSSR count). The van der Waals surface area contributed by atoms with E-state index in [1.807, 2.05) is 6.92 Å². The summed E-state index contributed by atoms with van der Waals surface area (Å²) in [6, 6.07) is 0. The van der Waals surface area contributed by atoms with E-state index in [1.54, 1.807) is 0 Å². The number of nitrogens with one attached hydrogen (secondary N) is 1. The fourth-order valence-corrected chi connectivity index (χ4v) is 0.306. The van der Waals surface area contributed by atoms with Gasteiger partial charge in [-0.25, -0.2) is 0 Å². The normalized spacial score (nSPS) is 7.67. The van der Waals surface area contributed by atoms with Gasteiger partial charge in [-0.15, -0.1) is 0 Å². The van der Waals surface area contributed by atoms with Crippen molar-refractivity contribution < 1.29 is 0 Å². The molecule has 0 amide bonds. The van der Waals surface area contributed by atoms with Gasteiger partial charge in [-0.2, -0.15) is 0 Å². The quantitative estimate of drug-likeness (QED) is 0.412. The Morgan fingerprint density at radius 1 is 2.00 bits per heavy atom. The number of hydrogen-bond acceptors (Lipinski definition) is 1. The molecular formula is C3H8NPS. The Morgan fingerprint density at radius 2 is 2.50 bits per heavy atom. The highest BCUT2D eigenvalue weighted by molar-refractivity contribution is 7.80. The maximum atomic E-state index is 4.72. The van der Waals surface area contributed by atoms with Gasteiger partial charge in [0, 0.05) is 0 Å². The van der Waals surface area contributed by atoms with E-state index in [1.165, 1.54) is 0 Å². The van der Waals surface area contributed by atoms with Crippen molar-refractivity contribution in [2.75, 3.05) is 0 Å². The van der Waals surface area contributed by atoms with Crippen LogP contribution in [-0.4, -0.2) is 4.99 Å². The van der Waals surface area contributed by atoms with E-state index < -0.39 is 0 Å². The van der Waals surface area contributed by atoms with Crippen molar-refractivity contribution in [1.82, 2.24) is 5.09 Å². The zero-order valence-corrected chi connectivity index (χ0v) is 5.66. The van der Waals surface area contributed by atoms with Crippen molar-refractivity contribution in [3.05, 3.63) is 0 Å². The van der Waals surface area contributed by atoms with E-state index in [2.05, 4.69) is 14.5 Å². The minimum absolute atomic E-state index is 0.889. The fraction of sp³-hybridized carbons (Fsp3) is 0.667. The maximum Gasteiger partial charge on any atom is 0.0779 e. The highest BCUT2D eigenvalue weighted by Crippen LogP contribution is 1.80. The molecule has 0 aromatic heterocycles. The Balaban J connectivity index is 2.99. The van der Waals surface area contributed by atoms with E-state index in [4.69, 9.17) is 12.2 Å². The lowest BCUT2D eigenvalue weighted by molar-refractivity contribution is 1.26. The van der Waals surface area contributed by atoms with Gasteiger partial charge in [-0.1, -0.05) is 19.1 Å². The van der Waals surface area contributed by atoms with Crippen LogP contribution in [0, 0.1) is 0 Å². The third-order valence-corrected chi connectivity index (χ3v) is 1.45. The molecule has 0 spiro atoms. The van der Waals surface area contributed by atoms with Crippen LogP contribution in [0.25, 0.3) is 0 Å². The molecule has 0 heterocycles. The SMILES string of the molecule is CCC(=S)NP. The summed E-state index contributed by atoms with van der Waals surface area (Å²) in [6.07, 6.45) is 0.929. The highest BCUT2D eigenvalue weighted by Gasteiger charge is 1.78. The van der Waals surface area contributed by atoms with Crippen LogP contribution in [0.15, 0.2) is 0 Å². The molecule has 0 bridgehead atoms. The number of rotatable bonds is 1. The molecule has 0 aromatic rings. The van der Waals surface area contributed by atoms with Crippen molar-refractivity contribution in [2.24, 2.45) is 0 Å². The first kappa shape index (κ1) is 6.32. The lowest BCUT2D eigenvalue weighted by atomic mass is 10.5. The van der Waals surface area contributed by atoms with Gasteiger partial charge < -0.3 is 5.09 Å². The lowest BCUT2D eigenvalue weighted by Gasteiger charge is -1.91. The molecule has 1 unspecified atom stereocenters. The second-order valence-electron chi connectivity index (χ2n) is 0.921. The van der Waals surface area contributed by atoms with Crippen LogP contribution in [-0.2, 0) is 0 Å². The zero-order valence-electron chi connectivity index (χ0n) is 3.69. The molecule has 0 saturated heterocycles. The first-order valence-corrected chi connectivity index (χ1v) is 2.79. The van der Waals surface area contributed by atoms with Crippen LogP contribution in [0.5, 0.6) is 0 Å². The lowest BCUT2D eigenvalue weighted by Crippen LogP contribution is -2.05. The van der Waals surface area contributed by atoms with E-state index >= 15 is 0 Å². The van der Waals surface area contributed by atoms with E-state index in [9.17, 15) is 0 Å². The van der Waals surface area contributed by atoms with Gasteiger partial charge in [0.05, 0.1) is 4.99 Å². The van der Waals surface area contributed by atoms with Crippen LogP contribution < -0.4 is 5.09 Å². The molecule has 1 atom stereocenters. The molecule has 0 aliphatic rings. The number of thiocarbonyl (C=S) groups is 1. The standard InChI is InChI=1S/C3H8NPS/c1-2-3(6)4-5/h2,5H2,1H3,(H,4,6). The summed E-state index contributed by atoms with van der Waals surface area (Å²) in [5.41, 5.74) is 0. The molecule has 36 valence electrons. The maximum absolute atomic E-state index is 4.72. The summed E-state index contributed by atoms with van der Waals surface area (Å²) in [7, 11) is 2.35. The molecule has 0 aliphatic carbocycles. The van der Waals surface area contributed by atoms with Crippen LogP contribution in [0.4, 0.5) is 0 Å². The van der Waals surface area contributed by atoms with E-state index in [-0.39, 0.29) is 0 Å². The minimum atomic E-state index is 0.889. The van der Waals surface area contributed by atoms with Gasteiger partial charge in [0.15, 0.2) is 0 Å². The molecule has 0 aromatic carbocycles. The summed E-state index contributed by atoms with van der Waals surface area (Å²) in [6.45, 7) is 2.01. The molecule has 0 fully saturated rings. The van der Waals surface area contributed by atoms with Gasteiger partial charge >= 0.3 is 0 Å². The Morgan fingerprint density at radius 3 is 2.50 bits per heavy atom. The summed E-state index contributed by atoms with van der Waals surface area (Å²) < 4.78 is 0. The van der Waals surface area contributed by atoms with Crippen molar-refractivity contribution >= 4 is 26.6 Å². The van der Waals surface area contributed by atoms with Crippen LogP contribution in [0.1, 0.15) is 13.3 Å². The minimum Gasteiger partial charge on any atom is -0.364 e. The molecule has 6 heavy (non-hydrogen) atoms. The van der Waals surface area contributed by atoms with E-state index in [0.717, 1.165) is 11.4 Å². The highest BCUT2D eigenvalue weighted by atomic mass is 32.1. The average Bonchev–Trinajstić information content (AvgIpc) is 1.65. The Hall–Kier alpha value is 0.320. The first-order valence-electron chi connectivity index (χ1n) is 1.80. The van der Waals surface area contributed by atoms with Crippen LogP contribution >= 0.6 is 21.6 Å². The average molecular weight is 121 g/mol. The number of hydrogen-bond donors (Lipinski definition) is 1. The van der Waals surface area contributed by atoms with Gasteiger partial charge in [0.25, 0.3) is 0 Å². The van der Waals surface area contributed by atoms with Crippen LogP contribution in [0.2, 0.25) is 0 Å². The van der Waals surface area contributed by atoms with Gasteiger partial charge in [-0.05, 0) is 15.8 Å². The fourth-order valence-electron chi connectivity index (χ4n) is 0.102. The van der Waals surface area contributed by atoms with Crippen LogP contribution in [0.3, 0.4) is 0 Å². The molecular weight excluding hydrogens is 113 g/mol. The third kappa shape index (κ3) is 2.55. The smallest absolute Gasteiger partial charge is 0.0779 e. The second-order valence-corrected chi connectivity index (χ2v) is 1.70. The molecule has 3 heteroatoms. The second kappa shape index (κ2) is 3.51. The Labute approximate surface area is 45.8 Å². The summed E-state index contributed by atoms with van der Waals surface area (Å²) in [5.74, 6) is 0. The van der Waals surface area contributed by atoms with Gasteiger partial charge in [0.2, 0.25) is 0 Å².